The van der Waals surface area contributed by atoms with E-state index in [0.717, 1.165) is 0 Å². The van der Waals surface area contributed by atoms with Crippen molar-refractivity contribution in [2.45, 2.75) is 5.60 Å². The van der Waals surface area contributed by atoms with E-state index in [1.165, 1.54) is 0 Å². The molecule has 0 aromatic rings. The van der Waals surface area contributed by atoms with E-state index < -0.39 is 12.3 Å². The number of alkyl halides is 1. The average Bonchev–Trinajstić information content (AvgIpc) is 2.15. The third kappa shape index (κ3) is 1.90. The van der Waals surface area contributed by atoms with Gasteiger partial charge in [0.05, 0.1) is 13.2 Å². The third-order valence-electron chi connectivity index (χ3n) is 1.50. The maximum atomic E-state index is 12.1. The van der Waals surface area contributed by atoms with Crippen molar-refractivity contribution in [2.24, 2.45) is 0 Å². The van der Waals surface area contributed by atoms with E-state index >= 15 is 0 Å². The highest BCUT2D eigenvalue weighted by Crippen LogP contribution is 2.06. The molecular weight excluding hydrogens is 137 g/mol. The van der Waals surface area contributed by atoms with Gasteiger partial charge in [-0.25, -0.2) is 4.39 Å². The largest absolute Gasteiger partial charge is 0.383 e. The molecule has 1 atom stereocenters. The van der Waals surface area contributed by atoms with E-state index in [9.17, 15) is 9.50 Å². The van der Waals surface area contributed by atoms with Crippen LogP contribution in [0.15, 0.2) is 0 Å². The fourth-order valence-corrected chi connectivity index (χ4v) is 0.864. The number of β-amino-alcohol motifs (C(OH)–C–C–N with tert-alkyl or cyclic N) is 1. The summed E-state index contributed by atoms with van der Waals surface area (Å²) in [5.41, 5.74) is -1.30. The molecule has 1 aliphatic heterocycles. The maximum absolute atomic E-state index is 12.1. The van der Waals surface area contributed by atoms with Crippen LogP contribution in [-0.2, 0) is 4.74 Å². The molecule has 1 fully saturated rings. The molecule has 0 aromatic carbocycles. The van der Waals surface area contributed by atoms with Crippen molar-refractivity contribution in [1.29, 1.82) is 0 Å². The summed E-state index contributed by atoms with van der Waals surface area (Å²) in [4.78, 5) is 0. The Morgan fingerprint density at radius 1 is 1.70 bits per heavy atom. The quantitative estimate of drug-likeness (QED) is 0.518. The summed E-state index contributed by atoms with van der Waals surface area (Å²) in [6.45, 7) is 0.852. The zero-order valence-electron chi connectivity index (χ0n) is 5.77. The standard InChI is InChI=1S/C6H12FNO2/c7-3-6(9)4-8-1-2-10-5-6/h8-9H,1-5H2. The van der Waals surface area contributed by atoms with Gasteiger partial charge in [0, 0.05) is 13.1 Å². The second-order valence-corrected chi connectivity index (χ2v) is 2.59. The van der Waals surface area contributed by atoms with Crippen molar-refractivity contribution >= 4 is 0 Å². The fourth-order valence-electron chi connectivity index (χ4n) is 0.864. The second-order valence-electron chi connectivity index (χ2n) is 2.59. The van der Waals surface area contributed by atoms with E-state index in [1.807, 2.05) is 0 Å². The molecular formula is C6H12FNO2. The lowest BCUT2D eigenvalue weighted by atomic mass is 10.1. The van der Waals surface area contributed by atoms with Crippen molar-refractivity contribution in [3.8, 4) is 0 Å². The van der Waals surface area contributed by atoms with E-state index in [0.29, 0.717) is 13.2 Å². The highest BCUT2D eigenvalue weighted by atomic mass is 19.1. The number of rotatable bonds is 1. The normalized spacial score (nSPS) is 35.4. The van der Waals surface area contributed by atoms with Gasteiger partial charge in [-0.1, -0.05) is 0 Å². The third-order valence-corrected chi connectivity index (χ3v) is 1.50. The molecule has 1 aliphatic rings. The molecule has 0 aromatic heterocycles. The molecule has 1 saturated heterocycles. The smallest absolute Gasteiger partial charge is 0.128 e. The number of hydrogen-bond acceptors (Lipinski definition) is 3. The van der Waals surface area contributed by atoms with Crippen molar-refractivity contribution in [3.05, 3.63) is 0 Å². The molecule has 0 aliphatic carbocycles. The van der Waals surface area contributed by atoms with Gasteiger partial charge in [-0.05, 0) is 0 Å². The van der Waals surface area contributed by atoms with Crippen LogP contribution in [0.3, 0.4) is 0 Å². The Morgan fingerprint density at radius 3 is 3.20 bits per heavy atom. The van der Waals surface area contributed by atoms with Gasteiger partial charge in [0.1, 0.15) is 12.3 Å². The van der Waals surface area contributed by atoms with E-state index in [-0.39, 0.29) is 13.2 Å². The molecule has 0 spiro atoms. The molecule has 0 saturated carbocycles. The molecule has 2 N–H and O–H groups in total. The molecule has 1 rings (SSSR count). The number of hydrogen-bond donors (Lipinski definition) is 2. The maximum Gasteiger partial charge on any atom is 0.128 e. The van der Waals surface area contributed by atoms with Gasteiger partial charge in [0.25, 0.3) is 0 Å². The molecule has 0 radical (unpaired) electrons. The van der Waals surface area contributed by atoms with Gasteiger partial charge in [-0.2, -0.15) is 0 Å². The van der Waals surface area contributed by atoms with Crippen molar-refractivity contribution in [1.82, 2.24) is 5.32 Å². The molecule has 0 amide bonds. The minimum atomic E-state index is -1.30. The van der Waals surface area contributed by atoms with Crippen LogP contribution in [0.5, 0.6) is 0 Å². The van der Waals surface area contributed by atoms with Gasteiger partial charge in [0.2, 0.25) is 0 Å². The Hall–Kier alpha value is -0.190. The lowest BCUT2D eigenvalue weighted by Crippen LogP contribution is -2.44. The molecule has 4 heteroatoms. The van der Waals surface area contributed by atoms with Crippen molar-refractivity contribution < 1.29 is 14.2 Å². The predicted octanol–water partition coefficient (Wildman–Crippen LogP) is -0.693. The Bertz CT molecular complexity index is 102. The highest BCUT2D eigenvalue weighted by molar-refractivity contribution is 4.81. The van der Waals surface area contributed by atoms with Gasteiger partial charge in [-0.15, -0.1) is 0 Å². The summed E-state index contributed by atoms with van der Waals surface area (Å²) < 4.78 is 17.0. The van der Waals surface area contributed by atoms with Crippen LogP contribution in [0.1, 0.15) is 0 Å². The summed E-state index contributed by atoms with van der Waals surface area (Å²) >= 11 is 0. The summed E-state index contributed by atoms with van der Waals surface area (Å²) in [6, 6.07) is 0. The Balaban J connectivity index is 2.41. The Morgan fingerprint density at radius 2 is 2.50 bits per heavy atom. The lowest BCUT2D eigenvalue weighted by Gasteiger charge is -2.21. The summed E-state index contributed by atoms with van der Waals surface area (Å²) in [5.74, 6) is 0. The Labute approximate surface area is 59.2 Å². The lowest BCUT2D eigenvalue weighted by molar-refractivity contribution is -0.0424. The molecule has 0 bridgehead atoms. The first-order valence-electron chi connectivity index (χ1n) is 3.34. The zero-order chi connectivity index (χ0) is 7.45. The molecule has 10 heavy (non-hydrogen) atoms. The van der Waals surface area contributed by atoms with Crippen LogP contribution >= 0.6 is 0 Å². The monoisotopic (exact) mass is 149 g/mol. The summed E-state index contributed by atoms with van der Waals surface area (Å²) in [6.07, 6.45) is 0. The van der Waals surface area contributed by atoms with Crippen LogP contribution in [0.4, 0.5) is 4.39 Å². The number of ether oxygens (including phenoxy) is 1. The van der Waals surface area contributed by atoms with E-state index in [4.69, 9.17) is 4.74 Å². The van der Waals surface area contributed by atoms with Crippen LogP contribution in [0, 0.1) is 0 Å². The minimum absolute atomic E-state index is 0.0938. The van der Waals surface area contributed by atoms with Gasteiger partial charge in [-0.3, -0.25) is 0 Å². The SMILES string of the molecule is OC1(CF)CNCCOC1. The molecule has 3 nitrogen and oxygen atoms in total. The fraction of sp³-hybridized carbons (Fsp3) is 1.00. The number of aliphatic hydroxyl groups is 1. The zero-order valence-corrected chi connectivity index (χ0v) is 5.77. The van der Waals surface area contributed by atoms with Crippen LogP contribution in [0.25, 0.3) is 0 Å². The van der Waals surface area contributed by atoms with Crippen LogP contribution in [0.2, 0.25) is 0 Å². The molecule has 1 unspecified atom stereocenters. The minimum Gasteiger partial charge on any atom is -0.383 e. The van der Waals surface area contributed by atoms with E-state index in [1.54, 1.807) is 0 Å². The van der Waals surface area contributed by atoms with Gasteiger partial charge >= 0.3 is 0 Å². The first-order chi connectivity index (χ1) is 4.77. The van der Waals surface area contributed by atoms with Crippen molar-refractivity contribution in [2.75, 3.05) is 33.0 Å². The van der Waals surface area contributed by atoms with Gasteiger partial charge < -0.3 is 15.2 Å². The van der Waals surface area contributed by atoms with Crippen LogP contribution in [-0.4, -0.2) is 43.7 Å². The summed E-state index contributed by atoms with van der Waals surface area (Å²) in [7, 11) is 0. The number of nitrogens with one attached hydrogen (secondary N) is 1. The molecule has 60 valence electrons. The first kappa shape index (κ1) is 7.91. The summed E-state index contributed by atoms with van der Waals surface area (Å²) in [5, 5.41) is 12.2. The second kappa shape index (κ2) is 3.27. The first-order valence-corrected chi connectivity index (χ1v) is 3.34. The Kier molecular flexibility index (Phi) is 2.59. The van der Waals surface area contributed by atoms with Crippen LogP contribution < -0.4 is 5.32 Å². The van der Waals surface area contributed by atoms with Gasteiger partial charge in [0.15, 0.2) is 0 Å². The predicted molar refractivity (Wildman–Crippen MR) is 34.6 cm³/mol. The number of halogens is 1. The van der Waals surface area contributed by atoms with E-state index in [2.05, 4.69) is 5.32 Å². The highest BCUT2D eigenvalue weighted by Gasteiger charge is 2.28. The van der Waals surface area contributed by atoms with Crippen molar-refractivity contribution in [3.63, 3.8) is 0 Å². The molecule has 1 heterocycles. The average molecular weight is 149 g/mol. The topological polar surface area (TPSA) is 41.5 Å².